The molecule has 108 valence electrons. The zero-order valence-electron chi connectivity index (χ0n) is 11.7. The quantitative estimate of drug-likeness (QED) is 0.297. The molecule has 4 aromatic carbocycles. The zero-order valence-corrected chi connectivity index (χ0v) is 11.7. The Morgan fingerprint density at radius 3 is 2.09 bits per heavy atom. The Labute approximate surface area is 192 Å². The van der Waals surface area contributed by atoms with Crippen molar-refractivity contribution in [1.82, 2.24) is 0 Å². The van der Waals surface area contributed by atoms with Gasteiger partial charge in [-0.15, -0.1) is 0 Å². The Bertz CT molecular complexity index is 1000. The molecule has 5 heteroatoms. The molecule has 3 nitrogen and oxygen atoms in total. The van der Waals surface area contributed by atoms with Crippen LogP contribution >= 0.6 is 0 Å². The van der Waals surface area contributed by atoms with Crippen molar-refractivity contribution in [3.63, 3.8) is 0 Å². The van der Waals surface area contributed by atoms with Crippen molar-refractivity contribution in [1.29, 1.82) is 0 Å². The molecule has 0 aliphatic carbocycles. The van der Waals surface area contributed by atoms with Crippen molar-refractivity contribution >= 4 is 109 Å². The third-order valence-electron chi connectivity index (χ3n) is 3.92. The van der Waals surface area contributed by atoms with Gasteiger partial charge in [0, 0.05) is 5.39 Å². The van der Waals surface area contributed by atoms with Gasteiger partial charge in [0.15, 0.2) is 0 Å². The van der Waals surface area contributed by atoms with Gasteiger partial charge in [-0.1, -0.05) is 48.5 Å². The topological polar surface area (TPSA) is 49.7 Å². The molecule has 4 aromatic rings. The van der Waals surface area contributed by atoms with Crippen molar-refractivity contribution in [2.75, 3.05) is 0 Å². The van der Waals surface area contributed by atoms with Crippen LogP contribution in [0.4, 0.5) is 0 Å². The molecule has 23 heavy (non-hydrogen) atoms. The van der Waals surface area contributed by atoms with Crippen molar-refractivity contribution < 1.29 is 14.7 Å². The second-order valence-corrected chi connectivity index (χ2v) is 5.28. The van der Waals surface area contributed by atoms with E-state index in [1.54, 1.807) is 6.07 Å². The number of hydrogen-bond donors (Lipinski definition) is 2. The summed E-state index contributed by atoms with van der Waals surface area (Å²) in [4.78, 5) is 0. The molecule has 0 aromatic heterocycles. The molecule has 0 amide bonds. The first kappa shape index (κ1) is 17.3. The molecule has 0 spiro atoms. The monoisotopic (exact) mass is 422 g/mol. The van der Waals surface area contributed by atoms with Gasteiger partial charge in [0.1, 0.15) is 5.75 Å². The fraction of sp³-hybridized carbons (Fsp3) is 0. The molecule has 2 N–H and O–H groups in total. The van der Waals surface area contributed by atoms with E-state index in [1.165, 1.54) is 5.39 Å². The number of rotatable bonds is 2. The van der Waals surface area contributed by atoms with Crippen LogP contribution in [0.2, 0.25) is 0 Å². The number of fused-ring (bicyclic) bond motifs is 4. The van der Waals surface area contributed by atoms with Crippen LogP contribution < -0.4 is 4.65 Å². The van der Waals surface area contributed by atoms with Gasteiger partial charge >= 0.3 is 76.2 Å². The first-order valence-corrected chi connectivity index (χ1v) is 7.09. The van der Waals surface area contributed by atoms with E-state index >= 15 is 0 Å². The van der Waals surface area contributed by atoms with Crippen LogP contribution in [0, 0.1) is 0 Å². The third-order valence-corrected chi connectivity index (χ3v) is 3.92. The summed E-state index contributed by atoms with van der Waals surface area (Å²) in [6, 6.07) is 22.1. The van der Waals surface area contributed by atoms with Gasteiger partial charge in [0.2, 0.25) is 0 Å². The van der Waals surface area contributed by atoms with Crippen molar-refractivity contribution in [2.45, 2.75) is 0 Å². The van der Waals surface area contributed by atoms with Crippen molar-refractivity contribution in [3.05, 3.63) is 66.7 Å². The molecule has 0 bridgehead atoms. The average molecular weight is 422 g/mol. The Balaban J connectivity index is 0.00000156. The van der Waals surface area contributed by atoms with Crippen LogP contribution in [0.15, 0.2) is 66.7 Å². The minimum absolute atomic E-state index is 0. The fourth-order valence-electron chi connectivity index (χ4n) is 2.98. The van der Waals surface area contributed by atoms with Crippen LogP contribution in [0.25, 0.3) is 32.3 Å². The molecule has 0 saturated carbocycles. The predicted octanol–water partition coefficient (Wildman–Crippen LogP) is 2.85. The van der Waals surface area contributed by atoms with E-state index in [-0.39, 0.29) is 68.9 Å². The van der Waals surface area contributed by atoms with Crippen LogP contribution in [-0.4, -0.2) is 86.3 Å². The summed E-state index contributed by atoms with van der Waals surface area (Å²) in [5.41, 5.74) is 0. The number of hydrogen-bond acceptors (Lipinski definition) is 3. The molecule has 0 heterocycles. The van der Waals surface area contributed by atoms with Crippen molar-refractivity contribution in [2.24, 2.45) is 0 Å². The van der Waals surface area contributed by atoms with Crippen molar-refractivity contribution in [3.8, 4) is 5.75 Å². The van der Waals surface area contributed by atoms with E-state index < -0.39 is 7.32 Å². The summed E-state index contributed by atoms with van der Waals surface area (Å²) in [5, 5.41) is 24.6. The maximum absolute atomic E-state index is 9.14. The van der Waals surface area contributed by atoms with Gasteiger partial charge in [-0.2, -0.15) is 0 Å². The van der Waals surface area contributed by atoms with E-state index in [9.17, 15) is 0 Å². The molecule has 0 fully saturated rings. The van der Waals surface area contributed by atoms with Crippen LogP contribution in [-0.2, 0) is 0 Å². The summed E-state index contributed by atoms with van der Waals surface area (Å²) in [6.07, 6.45) is 0. The van der Waals surface area contributed by atoms with Gasteiger partial charge in [0.25, 0.3) is 0 Å². The molecule has 0 aliphatic rings. The van der Waals surface area contributed by atoms with Gasteiger partial charge in [0.05, 0.1) is 0 Å². The third kappa shape index (κ3) is 3.34. The summed E-state index contributed by atoms with van der Waals surface area (Å²) in [5.74, 6) is 0.466. The predicted molar refractivity (Wildman–Crippen MR) is 96.9 cm³/mol. The second-order valence-electron chi connectivity index (χ2n) is 5.28. The molecule has 0 aliphatic heterocycles. The first-order chi connectivity index (χ1) is 10.7. The summed E-state index contributed by atoms with van der Waals surface area (Å²) in [6.45, 7) is 0. The average Bonchev–Trinajstić information content (AvgIpc) is 2.52. The standard InChI is InChI=1S/C18H13BO3.Cs.H/c20-19(21)22-17-7-3-6-12-8-9-15-10-13-4-1-2-5-14(13)11-16(15)18(12)17;;/h1-11,20-21H;;. The zero-order chi connectivity index (χ0) is 15.1. The molecular formula is C18H14BCsO3. The van der Waals surface area contributed by atoms with Gasteiger partial charge in [-0.3, -0.25) is 0 Å². The van der Waals surface area contributed by atoms with Crippen LogP contribution in [0.3, 0.4) is 0 Å². The Hall–Kier alpha value is -0.503. The van der Waals surface area contributed by atoms with E-state index in [2.05, 4.69) is 30.3 Å². The SMILES string of the molecule is OB(O)Oc1cccc2ccc3cc4ccccc4cc3c12.[CsH]. The summed E-state index contributed by atoms with van der Waals surface area (Å²) < 4.78 is 5.16. The van der Waals surface area contributed by atoms with Gasteiger partial charge < -0.3 is 14.7 Å². The van der Waals surface area contributed by atoms with Gasteiger partial charge in [-0.25, -0.2) is 0 Å². The fourth-order valence-corrected chi connectivity index (χ4v) is 2.98. The molecule has 0 saturated heterocycles. The van der Waals surface area contributed by atoms with E-state index in [0.717, 1.165) is 26.9 Å². The summed E-state index contributed by atoms with van der Waals surface area (Å²) >= 11 is 0. The van der Waals surface area contributed by atoms with E-state index in [4.69, 9.17) is 14.7 Å². The minimum atomic E-state index is -1.83. The van der Waals surface area contributed by atoms with Gasteiger partial charge in [-0.05, 0) is 45.1 Å². The maximum atomic E-state index is 9.14. The molecular weight excluding hydrogens is 408 g/mol. The molecule has 4 rings (SSSR count). The second kappa shape index (κ2) is 7.17. The molecule has 0 radical (unpaired) electrons. The summed E-state index contributed by atoms with van der Waals surface area (Å²) in [7, 11) is -1.83. The Kier molecular flexibility index (Phi) is 5.40. The van der Waals surface area contributed by atoms with Crippen LogP contribution in [0.1, 0.15) is 0 Å². The molecule has 0 unspecified atom stereocenters. The Morgan fingerprint density at radius 2 is 1.35 bits per heavy atom. The normalized spacial score (nSPS) is 10.7. The van der Waals surface area contributed by atoms with E-state index in [1.807, 2.05) is 30.3 Å². The molecule has 0 atom stereocenters. The van der Waals surface area contributed by atoms with E-state index in [0.29, 0.717) is 5.75 Å². The first-order valence-electron chi connectivity index (χ1n) is 7.09. The van der Waals surface area contributed by atoms with Crippen LogP contribution in [0.5, 0.6) is 5.75 Å². The Morgan fingerprint density at radius 1 is 0.696 bits per heavy atom. The number of benzene rings is 4.